The molecule has 0 saturated heterocycles. The lowest BCUT2D eigenvalue weighted by atomic mass is 10.0. The minimum Gasteiger partial charge on any atom is -0.303 e. The highest BCUT2D eigenvalue weighted by Gasteiger charge is 2.12. The SMILES string of the molecule is CCN(CC)CC(CBr)c1ccccc1. The zero-order chi connectivity index (χ0) is 11.1. The summed E-state index contributed by atoms with van der Waals surface area (Å²) in [6, 6.07) is 10.7. The Morgan fingerprint density at radius 3 is 2.20 bits per heavy atom. The van der Waals surface area contributed by atoms with Crippen LogP contribution in [0.5, 0.6) is 0 Å². The second-order valence-electron chi connectivity index (χ2n) is 3.75. The molecule has 0 heterocycles. The minimum atomic E-state index is 0.603. The summed E-state index contributed by atoms with van der Waals surface area (Å²) in [6.07, 6.45) is 0. The average molecular weight is 270 g/mol. The highest BCUT2D eigenvalue weighted by Crippen LogP contribution is 2.19. The van der Waals surface area contributed by atoms with E-state index in [0.29, 0.717) is 5.92 Å². The molecule has 0 amide bonds. The molecule has 1 atom stereocenters. The Kier molecular flexibility index (Phi) is 5.96. The van der Waals surface area contributed by atoms with Crippen molar-refractivity contribution in [3.8, 4) is 0 Å². The molecule has 1 aromatic rings. The largest absolute Gasteiger partial charge is 0.303 e. The number of rotatable bonds is 6. The van der Waals surface area contributed by atoms with Crippen molar-refractivity contribution >= 4 is 15.9 Å². The standard InChI is InChI=1S/C13H20BrN/c1-3-15(4-2)11-13(10-14)12-8-6-5-7-9-12/h5-9,13H,3-4,10-11H2,1-2H3. The van der Waals surface area contributed by atoms with Crippen LogP contribution in [0.1, 0.15) is 25.3 Å². The fourth-order valence-electron chi connectivity index (χ4n) is 1.76. The molecule has 0 N–H and O–H groups in total. The van der Waals surface area contributed by atoms with Crippen LogP contribution in [0.3, 0.4) is 0 Å². The summed E-state index contributed by atoms with van der Waals surface area (Å²) in [5.41, 5.74) is 1.43. The molecule has 0 aliphatic rings. The molecule has 84 valence electrons. The van der Waals surface area contributed by atoms with Crippen LogP contribution in [0.2, 0.25) is 0 Å². The topological polar surface area (TPSA) is 3.24 Å². The molecule has 1 rings (SSSR count). The number of hydrogen-bond donors (Lipinski definition) is 0. The molecule has 2 heteroatoms. The van der Waals surface area contributed by atoms with Crippen LogP contribution < -0.4 is 0 Å². The van der Waals surface area contributed by atoms with E-state index in [1.165, 1.54) is 5.56 Å². The van der Waals surface area contributed by atoms with Crippen LogP contribution in [0.4, 0.5) is 0 Å². The molecule has 15 heavy (non-hydrogen) atoms. The first-order chi connectivity index (χ1) is 7.31. The number of benzene rings is 1. The fourth-order valence-corrected chi connectivity index (χ4v) is 2.34. The number of halogens is 1. The van der Waals surface area contributed by atoms with E-state index in [4.69, 9.17) is 0 Å². The van der Waals surface area contributed by atoms with Crippen LogP contribution in [0.15, 0.2) is 30.3 Å². The van der Waals surface area contributed by atoms with Gasteiger partial charge in [0, 0.05) is 17.8 Å². The summed E-state index contributed by atoms with van der Waals surface area (Å²) in [5, 5.41) is 1.04. The Hall–Kier alpha value is -0.340. The third-order valence-corrected chi connectivity index (χ3v) is 3.61. The second kappa shape index (κ2) is 7.02. The molecule has 0 saturated carbocycles. The van der Waals surface area contributed by atoms with Gasteiger partial charge in [0.25, 0.3) is 0 Å². The summed E-state index contributed by atoms with van der Waals surface area (Å²) in [4.78, 5) is 2.47. The molecule has 0 radical (unpaired) electrons. The quantitative estimate of drug-likeness (QED) is 0.715. The van der Waals surface area contributed by atoms with Crippen molar-refractivity contribution in [3.63, 3.8) is 0 Å². The first-order valence-electron chi connectivity index (χ1n) is 5.65. The maximum atomic E-state index is 3.61. The minimum absolute atomic E-state index is 0.603. The highest BCUT2D eigenvalue weighted by molar-refractivity contribution is 9.09. The van der Waals surface area contributed by atoms with Crippen molar-refractivity contribution in [3.05, 3.63) is 35.9 Å². The van der Waals surface area contributed by atoms with Gasteiger partial charge in [0.15, 0.2) is 0 Å². The molecule has 0 aliphatic carbocycles. The van der Waals surface area contributed by atoms with Gasteiger partial charge in [-0.15, -0.1) is 0 Å². The average Bonchev–Trinajstić information content (AvgIpc) is 2.32. The Bertz CT molecular complexity index is 256. The van der Waals surface area contributed by atoms with Gasteiger partial charge in [-0.1, -0.05) is 60.1 Å². The van der Waals surface area contributed by atoms with E-state index in [1.54, 1.807) is 0 Å². The van der Waals surface area contributed by atoms with Gasteiger partial charge in [-0.2, -0.15) is 0 Å². The molecule has 1 unspecified atom stereocenters. The molecular weight excluding hydrogens is 250 g/mol. The first-order valence-corrected chi connectivity index (χ1v) is 6.77. The van der Waals surface area contributed by atoms with Crippen molar-refractivity contribution in [1.29, 1.82) is 0 Å². The lowest BCUT2D eigenvalue weighted by molar-refractivity contribution is 0.290. The van der Waals surface area contributed by atoms with E-state index >= 15 is 0 Å². The van der Waals surface area contributed by atoms with E-state index in [0.717, 1.165) is 25.0 Å². The van der Waals surface area contributed by atoms with Crippen LogP contribution in [0, 0.1) is 0 Å². The highest BCUT2D eigenvalue weighted by atomic mass is 79.9. The van der Waals surface area contributed by atoms with Gasteiger partial charge in [0.2, 0.25) is 0 Å². The fraction of sp³-hybridized carbons (Fsp3) is 0.538. The van der Waals surface area contributed by atoms with Gasteiger partial charge < -0.3 is 4.90 Å². The van der Waals surface area contributed by atoms with E-state index in [9.17, 15) is 0 Å². The molecule has 0 fully saturated rings. The van der Waals surface area contributed by atoms with Crippen molar-refractivity contribution in [2.75, 3.05) is 25.0 Å². The maximum Gasteiger partial charge on any atom is 0.0112 e. The zero-order valence-electron chi connectivity index (χ0n) is 9.62. The van der Waals surface area contributed by atoms with Crippen molar-refractivity contribution in [1.82, 2.24) is 4.90 Å². The van der Waals surface area contributed by atoms with Gasteiger partial charge in [0.1, 0.15) is 0 Å². The van der Waals surface area contributed by atoms with Crippen LogP contribution in [-0.4, -0.2) is 29.9 Å². The van der Waals surface area contributed by atoms with Crippen molar-refractivity contribution in [2.45, 2.75) is 19.8 Å². The molecule has 0 aliphatic heterocycles. The van der Waals surface area contributed by atoms with E-state index in [-0.39, 0.29) is 0 Å². The van der Waals surface area contributed by atoms with Crippen LogP contribution >= 0.6 is 15.9 Å². The molecular formula is C13H20BrN. The molecule has 1 nitrogen and oxygen atoms in total. The number of likely N-dealkylation sites (N-methyl/N-ethyl adjacent to an activating group) is 1. The molecule has 1 aromatic carbocycles. The van der Waals surface area contributed by atoms with Gasteiger partial charge in [0.05, 0.1) is 0 Å². The Labute approximate surface area is 102 Å². The number of hydrogen-bond acceptors (Lipinski definition) is 1. The van der Waals surface area contributed by atoms with Gasteiger partial charge >= 0.3 is 0 Å². The Morgan fingerprint density at radius 1 is 1.13 bits per heavy atom. The summed E-state index contributed by atoms with van der Waals surface area (Å²) < 4.78 is 0. The van der Waals surface area contributed by atoms with E-state index in [2.05, 4.69) is 65.0 Å². The van der Waals surface area contributed by atoms with Crippen molar-refractivity contribution < 1.29 is 0 Å². The predicted molar refractivity (Wildman–Crippen MR) is 70.8 cm³/mol. The van der Waals surface area contributed by atoms with E-state index < -0.39 is 0 Å². The normalized spacial score (nSPS) is 13.1. The van der Waals surface area contributed by atoms with Crippen molar-refractivity contribution in [2.24, 2.45) is 0 Å². The summed E-state index contributed by atoms with van der Waals surface area (Å²) >= 11 is 3.61. The summed E-state index contributed by atoms with van der Waals surface area (Å²) in [7, 11) is 0. The second-order valence-corrected chi connectivity index (χ2v) is 4.40. The van der Waals surface area contributed by atoms with Gasteiger partial charge in [-0.25, -0.2) is 0 Å². The Morgan fingerprint density at radius 2 is 1.73 bits per heavy atom. The number of nitrogens with zero attached hydrogens (tertiary/aromatic N) is 1. The van der Waals surface area contributed by atoms with E-state index in [1.807, 2.05) is 0 Å². The maximum absolute atomic E-state index is 3.61. The lowest BCUT2D eigenvalue weighted by Gasteiger charge is -2.24. The predicted octanol–water partition coefficient (Wildman–Crippen LogP) is 3.51. The third-order valence-electron chi connectivity index (χ3n) is 2.83. The lowest BCUT2D eigenvalue weighted by Crippen LogP contribution is -2.28. The zero-order valence-corrected chi connectivity index (χ0v) is 11.2. The smallest absolute Gasteiger partial charge is 0.0112 e. The first kappa shape index (κ1) is 12.7. The van der Waals surface area contributed by atoms with Crippen LogP contribution in [0.25, 0.3) is 0 Å². The van der Waals surface area contributed by atoms with Gasteiger partial charge in [-0.05, 0) is 18.7 Å². The third kappa shape index (κ3) is 3.96. The Balaban J connectivity index is 2.64. The molecule has 0 aromatic heterocycles. The summed E-state index contributed by atoms with van der Waals surface area (Å²) in [5.74, 6) is 0.603. The number of alkyl halides is 1. The molecule has 0 bridgehead atoms. The monoisotopic (exact) mass is 269 g/mol. The van der Waals surface area contributed by atoms with Gasteiger partial charge in [-0.3, -0.25) is 0 Å². The van der Waals surface area contributed by atoms with Crippen LogP contribution in [-0.2, 0) is 0 Å². The molecule has 0 spiro atoms. The summed E-state index contributed by atoms with van der Waals surface area (Å²) in [6.45, 7) is 7.85.